The van der Waals surface area contributed by atoms with Crippen molar-refractivity contribution in [3.05, 3.63) is 29.8 Å². The monoisotopic (exact) mass is 335 g/mol. The highest BCUT2D eigenvalue weighted by atomic mass is 79.9. The van der Waals surface area contributed by atoms with E-state index in [9.17, 15) is 13.2 Å². The Labute approximate surface area is 115 Å². The molecule has 5 nitrogen and oxygen atoms in total. The number of anilines is 1. The second-order valence-electron chi connectivity index (χ2n) is 3.86. The van der Waals surface area contributed by atoms with E-state index >= 15 is 0 Å². The highest BCUT2D eigenvalue weighted by molar-refractivity contribution is 9.10. The van der Waals surface area contributed by atoms with Crippen LogP contribution in [0.25, 0.3) is 0 Å². The molecule has 0 aromatic heterocycles. The quantitative estimate of drug-likeness (QED) is 0.662. The molecule has 18 heavy (non-hydrogen) atoms. The van der Waals surface area contributed by atoms with Crippen molar-refractivity contribution in [1.82, 2.24) is 0 Å². The summed E-state index contributed by atoms with van der Waals surface area (Å²) in [6, 6.07) is 6.04. The fourth-order valence-electron chi connectivity index (χ4n) is 1.16. The van der Waals surface area contributed by atoms with Crippen molar-refractivity contribution in [3.8, 4) is 0 Å². The number of nitrogens with one attached hydrogen (secondary N) is 1. The van der Waals surface area contributed by atoms with Crippen LogP contribution in [0.1, 0.15) is 24.2 Å². The van der Waals surface area contributed by atoms with E-state index in [0.29, 0.717) is 11.3 Å². The van der Waals surface area contributed by atoms with Crippen LogP contribution < -0.4 is 4.72 Å². The molecule has 0 saturated carbocycles. The first kappa shape index (κ1) is 15.0. The first-order valence-electron chi connectivity index (χ1n) is 5.21. The maximum absolute atomic E-state index is 11.5. The smallest absolute Gasteiger partial charge is 0.338 e. The molecule has 0 saturated heterocycles. The van der Waals surface area contributed by atoms with Crippen LogP contribution in [0.5, 0.6) is 0 Å². The van der Waals surface area contributed by atoms with Crippen molar-refractivity contribution < 1.29 is 17.9 Å². The van der Waals surface area contributed by atoms with Crippen LogP contribution in [0.15, 0.2) is 24.3 Å². The highest BCUT2D eigenvalue weighted by Crippen LogP contribution is 2.13. The van der Waals surface area contributed by atoms with Gasteiger partial charge in [-0.1, -0.05) is 15.9 Å². The molecule has 1 aromatic carbocycles. The van der Waals surface area contributed by atoms with Gasteiger partial charge in [-0.3, -0.25) is 4.72 Å². The lowest BCUT2D eigenvalue weighted by molar-refractivity contribution is 0.0378. The van der Waals surface area contributed by atoms with Gasteiger partial charge in [0.15, 0.2) is 0 Å². The second kappa shape index (κ2) is 6.19. The summed E-state index contributed by atoms with van der Waals surface area (Å²) in [5, 5.41) is 0. The summed E-state index contributed by atoms with van der Waals surface area (Å²) in [5.41, 5.74) is 0.779. The molecular formula is C11H14BrNO4S. The van der Waals surface area contributed by atoms with Crippen LogP contribution in [0.3, 0.4) is 0 Å². The minimum Gasteiger partial charge on any atom is -0.459 e. The molecular weight excluding hydrogens is 322 g/mol. The first-order valence-corrected chi connectivity index (χ1v) is 7.99. The largest absolute Gasteiger partial charge is 0.459 e. The number of esters is 1. The third-order valence-electron chi connectivity index (χ3n) is 1.88. The molecule has 7 heteroatoms. The van der Waals surface area contributed by atoms with E-state index in [1.807, 2.05) is 0 Å². The Morgan fingerprint density at radius 2 is 1.89 bits per heavy atom. The standard InChI is InChI=1S/C11H14BrNO4S/c1-8(2)17-11(14)9-3-5-10(6-4-9)13-18(15,16)7-12/h3-6,8,13H,7H2,1-2H3. The zero-order valence-corrected chi connectivity index (χ0v) is 12.4. The number of carbonyl (C=O) groups is 1. The van der Waals surface area contributed by atoms with Gasteiger partial charge in [-0.2, -0.15) is 0 Å². The number of ether oxygens (including phenoxy) is 1. The lowest BCUT2D eigenvalue weighted by Gasteiger charge is -2.09. The van der Waals surface area contributed by atoms with Crippen molar-refractivity contribution in [2.24, 2.45) is 0 Å². The summed E-state index contributed by atoms with van der Waals surface area (Å²) in [6.07, 6.45) is -0.191. The van der Waals surface area contributed by atoms with Crippen molar-refractivity contribution in [1.29, 1.82) is 0 Å². The Balaban J connectivity index is 2.77. The second-order valence-corrected chi connectivity index (χ2v) is 6.88. The summed E-state index contributed by atoms with van der Waals surface area (Å²) in [7, 11) is -3.37. The Hall–Kier alpha value is -1.08. The molecule has 0 bridgehead atoms. The van der Waals surface area contributed by atoms with Gasteiger partial charge in [-0.25, -0.2) is 13.2 Å². The topological polar surface area (TPSA) is 72.5 Å². The first-order chi connectivity index (χ1) is 8.34. The molecule has 1 aromatic rings. The number of sulfonamides is 1. The molecule has 1 N–H and O–H groups in total. The van der Waals surface area contributed by atoms with Gasteiger partial charge < -0.3 is 4.74 Å². The maximum Gasteiger partial charge on any atom is 0.338 e. The third kappa shape index (κ3) is 4.66. The van der Waals surface area contributed by atoms with E-state index in [0.717, 1.165) is 0 Å². The number of hydrogen-bond donors (Lipinski definition) is 1. The van der Waals surface area contributed by atoms with Gasteiger partial charge in [0.25, 0.3) is 0 Å². The number of alkyl halides is 1. The number of rotatable bonds is 5. The van der Waals surface area contributed by atoms with Crippen LogP contribution in [0.4, 0.5) is 5.69 Å². The average molecular weight is 336 g/mol. The third-order valence-corrected chi connectivity index (χ3v) is 4.52. The van der Waals surface area contributed by atoms with E-state index in [1.165, 1.54) is 24.3 Å². The number of hydrogen-bond acceptors (Lipinski definition) is 4. The minimum atomic E-state index is -3.37. The van der Waals surface area contributed by atoms with Gasteiger partial charge >= 0.3 is 5.97 Å². The lowest BCUT2D eigenvalue weighted by Crippen LogP contribution is -2.14. The van der Waals surface area contributed by atoms with Crippen molar-refractivity contribution in [3.63, 3.8) is 0 Å². The Bertz CT molecular complexity index is 510. The van der Waals surface area contributed by atoms with Crippen molar-refractivity contribution in [2.75, 3.05) is 9.38 Å². The van der Waals surface area contributed by atoms with Crippen molar-refractivity contribution >= 4 is 37.6 Å². The Morgan fingerprint density at radius 1 is 1.33 bits per heavy atom. The highest BCUT2D eigenvalue weighted by Gasteiger charge is 2.11. The Morgan fingerprint density at radius 3 is 2.33 bits per heavy atom. The fourth-order valence-corrected chi connectivity index (χ4v) is 2.06. The minimum absolute atomic E-state index is 0.183. The van der Waals surface area contributed by atoms with Crippen LogP contribution >= 0.6 is 15.9 Å². The van der Waals surface area contributed by atoms with E-state index < -0.39 is 16.0 Å². The van der Waals surface area contributed by atoms with Crippen LogP contribution in [0.2, 0.25) is 0 Å². The number of halogens is 1. The molecule has 0 aliphatic heterocycles. The molecule has 0 radical (unpaired) electrons. The zero-order valence-electron chi connectivity index (χ0n) is 10.0. The molecule has 0 aliphatic carbocycles. The Kier molecular flexibility index (Phi) is 5.15. The van der Waals surface area contributed by atoms with Crippen LogP contribution in [-0.4, -0.2) is 25.2 Å². The molecule has 0 heterocycles. The summed E-state index contributed by atoms with van der Waals surface area (Å²) >= 11 is 2.87. The van der Waals surface area contributed by atoms with E-state index in [4.69, 9.17) is 4.74 Å². The maximum atomic E-state index is 11.5. The molecule has 0 unspecified atom stereocenters. The molecule has 100 valence electrons. The van der Waals surface area contributed by atoms with Crippen molar-refractivity contribution in [2.45, 2.75) is 20.0 Å². The van der Waals surface area contributed by atoms with E-state index in [-0.39, 0.29) is 10.8 Å². The van der Waals surface area contributed by atoms with Gasteiger partial charge in [-0.05, 0) is 38.1 Å². The lowest BCUT2D eigenvalue weighted by atomic mass is 10.2. The molecule has 0 fully saturated rings. The summed E-state index contributed by atoms with van der Waals surface area (Å²) in [6.45, 7) is 3.52. The normalized spacial score (nSPS) is 11.3. The molecule has 1 rings (SSSR count). The molecule has 0 atom stereocenters. The molecule has 0 amide bonds. The van der Waals surface area contributed by atoms with Gasteiger partial charge in [0.1, 0.15) is 4.66 Å². The van der Waals surface area contributed by atoms with Gasteiger partial charge in [0.2, 0.25) is 10.0 Å². The van der Waals surface area contributed by atoms with Gasteiger partial charge in [0.05, 0.1) is 11.7 Å². The fraction of sp³-hybridized carbons (Fsp3) is 0.364. The summed E-state index contributed by atoms with van der Waals surface area (Å²) in [4.78, 5) is 11.5. The molecule has 0 spiro atoms. The molecule has 0 aliphatic rings. The summed E-state index contributed by atoms with van der Waals surface area (Å²) in [5.74, 6) is -0.431. The predicted octanol–water partition coefficient (Wildman–Crippen LogP) is 2.35. The van der Waals surface area contributed by atoms with Crippen LogP contribution in [-0.2, 0) is 14.8 Å². The van der Waals surface area contributed by atoms with E-state index in [1.54, 1.807) is 13.8 Å². The van der Waals surface area contributed by atoms with Gasteiger partial charge in [-0.15, -0.1) is 0 Å². The predicted molar refractivity (Wildman–Crippen MR) is 73.3 cm³/mol. The number of carbonyl (C=O) groups excluding carboxylic acids is 1. The van der Waals surface area contributed by atoms with Crippen LogP contribution in [0, 0.1) is 0 Å². The SMILES string of the molecule is CC(C)OC(=O)c1ccc(NS(=O)(=O)CBr)cc1. The average Bonchev–Trinajstić information content (AvgIpc) is 2.28. The number of benzene rings is 1. The summed E-state index contributed by atoms with van der Waals surface area (Å²) < 4.78 is 29.7. The van der Waals surface area contributed by atoms with Gasteiger partial charge in [0, 0.05) is 5.69 Å². The van der Waals surface area contributed by atoms with E-state index in [2.05, 4.69) is 20.7 Å². The zero-order chi connectivity index (χ0) is 13.8.